The van der Waals surface area contributed by atoms with Gasteiger partial charge in [-0.1, -0.05) is 18.2 Å². The highest BCUT2D eigenvalue weighted by Crippen LogP contribution is 2.33. The molecule has 2 aliphatic heterocycles. The summed E-state index contributed by atoms with van der Waals surface area (Å²) in [5.74, 6) is -0.722. The fourth-order valence-corrected chi connectivity index (χ4v) is 5.07. The topological polar surface area (TPSA) is 106 Å². The molecule has 0 radical (unpaired) electrons. The number of halogens is 1. The van der Waals surface area contributed by atoms with E-state index in [0.29, 0.717) is 35.7 Å². The van der Waals surface area contributed by atoms with Gasteiger partial charge < -0.3 is 29.7 Å². The van der Waals surface area contributed by atoms with E-state index in [1.165, 1.54) is 24.3 Å². The Bertz CT molecular complexity index is 1430. The number of ether oxygens (including phenoxy) is 3. The third-order valence-corrected chi connectivity index (χ3v) is 7.15. The second-order valence-corrected chi connectivity index (χ2v) is 9.80. The van der Waals surface area contributed by atoms with Gasteiger partial charge in [0.2, 0.25) is 5.91 Å². The Hall–Kier alpha value is -4.44. The lowest BCUT2D eigenvalue weighted by molar-refractivity contribution is -0.130. The maximum atomic E-state index is 14.0. The minimum absolute atomic E-state index is 0.0946. The molecule has 0 unspecified atom stereocenters. The van der Waals surface area contributed by atoms with Gasteiger partial charge in [0.05, 0.1) is 36.8 Å². The van der Waals surface area contributed by atoms with Crippen LogP contribution in [0.25, 0.3) is 0 Å². The van der Waals surface area contributed by atoms with Crippen molar-refractivity contribution in [2.24, 2.45) is 0 Å². The number of hydrogen-bond donors (Lipinski definition) is 2. The molecule has 2 N–H and O–H groups in total. The number of likely N-dealkylation sites (N-methyl/N-ethyl adjacent to an activating group) is 1. The van der Waals surface area contributed by atoms with E-state index in [-0.39, 0.29) is 48.1 Å². The third-order valence-electron chi connectivity index (χ3n) is 7.15. The first-order valence-corrected chi connectivity index (χ1v) is 13.0. The molecule has 10 heteroatoms. The van der Waals surface area contributed by atoms with Crippen LogP contribution in [0.15, 0.2) is 66.7 Å². The van der Waals surface area contributed by atoms with E-state index in [4.69, 9.17) is 14.2 Å². The van der Waals surface area contributed by atoms with Gasteiger partial charge >= 0.3 is 0 Å². The average molecular weight is 548 g/mol. The van der Waals surface area contributed by atoms with E-state index in [9.17, 15) is 18.8 Å². The van der Waals surface area contributed by atoms with Crippen LogP contribution in [-0.2, 0) is 9.53 Å². The summed E-state index contributed by atoms with van der Waals surface area (Å²) in [6.45, 7) is 0.185. The first-order valence-electron chi connectivity index (χ1n) is 13.0. The lowest BCUT2D eigenvalue weighted by Crippen LogP contribution is -2.53. The van der Waals surface area contributed by atoms with Crippen molar-refractivity contribution in [2.75, 3.05) is 31.4 Å². The van der Waals surface area contributed by atoms with Crippen LogP contribution in [0.2, 0.25) is 0 Å². The highest BCUT2D eigenvalue weighted by Gasteiger charge is 2.39. The van der Waals surface area contributed by atoms with E-state index < -0.39 is 17.8 Å². The quantitative estimate of drug-likeness (QED) is 0.471. The Kier molecular flexibility index (Phi) is 7.97. The Morgan fingerprint density at radius 3 is 2.62 bits per heavy atom. The van der Waals surface area contributed by atoms with Gasteiger partial charge in [-0.25, -0.2) is 4.39 Å². The van der Waals surface area contributed by atoms with Crippen LogP contribution < -0.4 is 20.1 Å². The van der Waals surface area contributed by atoms with Crippen molar-refractivity contribution < 1.29 is 33.0 Å². The average Bonchev–Trinajstić information content (AvgIpc) is 2.95. The molecule has 0 aromatic heterocycles. The normalized spacial score (nSPS) is 20.2. The summed E-state index contributed by atoms with van der Waals surface area (Å²) in [6.07, 6.45) is 0.641. The number of fused-ring (bicyclic) bond motifs is 2. The molecule has 3 aromatic rings. The summed E-state index contributed by atoms with van der Waals surface area (Å²) in [5, 5.41) is 5.52. The fourth-order valence-electron chi connectivity index (χ4n) is 5.07. The van der Waals surface area contributed by atoms with E-state index in [1.807, 2.05) is 0 Å². The van der Waals surface area contributed by atoms with Crippen LogP contribution in [-0.4, -0.2) is 61.6 Å². The van der Waals surface area contributed by atoms with E-state index in [0.717, 1.165) is 0 Å². The SMILES string of the molecule is COc1cccc(NC(=O)C[C@H]2CC[C@@H]3[C@H](COc4ccc(NC(=O)c5ccccc5F)cc4C(=O)N3C)O2)c1. The molecule has 5 rings (SSSR count). The van der Waals surface area contributed by atoms with Gasteiger partial charge in [-0.15, -0.1) is 0 Å². The van der Waals surface area contributed by atoms with Gasteiger partial charge in [0.15, 0.2) is 0 Å². The first-order chi connectivity index (χ1) is 19.3. The molecule has 3 aromatic carbocycles. The molecule has 1 saturated heterocycles. The number of amides is 3. The first kappa shape index (κ1) is 27.1. The Morgan fingerprint density at radius 1 is 1.02 bits per heavy atom. The largest absolute Gasteiger partial charge is 0.497 e. The minimum atomic E-state index is -0.634. The predicted molar refractivity (Wildman–Crippen MR) is 146 cm³/mol. The van der Waals surface area contributed by atoms with E-state index in [2.05, 4.69) is 10.6 Å². The molecule has 3 amide bonds. The van der Waals surface area contributed by atoms with Crippen LogP contribution in [0, 0.1) is 5.82 Å². The standard InChI is InChI=1S/C30H30FN3O6/c1-34-25-12-11-21(16-28(35)32-18-6-5-7-20(14-18)38-2)40-27(25)17-39-26-13-10-19(15-23(26)30(34)37)33-29(36)22-8-3-4-9-24(22)31/h3-10,13-15,21,25,27H,11-12,16-17H2,1-2H3,(H,32,35)(H,33,36)/t21-,25-,27+/m1/s1. The lowest BCUT2D eigenvalue weighted by Gasteiger charge is -2.42. The maximum absolute atomic E-state index is 14.0. The van der Waals surface area contributed by atoms with Crippen molar-refractivity contribution in [3.8, 4) is 11.5 Å². The molecule has 40 heavy (non-hydrogen) atoms. The monoisotopic (exact) mass is 547 g/mol. The van der Waals surface area contributed by atoms with Crippen LogP contribution in [0.4, 0.5) is 15.8 Å². The van der Waals surface area contributed by atoms with E-state index >= 15 is 0 Å². The summed E-state index contributed by atoms with van der Waals surface area (Å²) >= 11 is 0. The maximum Gasteiger partial charge on any atom is 0.258 e. The van der Waals surface area contributed by atoms with E-state index in [1.54, 1.807) is 61.5 Å². The molecule has 0 aliphatic carbocycles. The van der Waals surface area contributed by atoms with Crippen molar-refractivity contribution in [1.29, 1.82) is 0 Å². The number of methoxy groups -OCH3 is 1. The zero-order chi connectivity index (χ0) is 28.2. The number of nitrogens with zero attached hydrogens (tertiary/aromatic N) is 1. The second kappa shape index (κ2) is 11.7. The summed E-state index contributed by atoms with van der Waals surface area (Å²) in [4.78, 5) is 40.3. The number of benzene rings is 3. The molecule has 2 aliphatic rings. The molecular formula is C30H30FN3O6. The fraction of sp³-hybridized carbons (Fsp3) is 0.300. The zero-order valence-corrected chi connectivity index (χ0v) is 22.2. The molecule has 9 nitrogen and oxygen atoms in total. The number of hydrogen-bond acceptors (Lipinski definition) is 6. The highest BCUT2D eigenvalue weighted by atomic mass is 19.1. The number of rotatable bonds is 6. The summed E-state index contributed by atoms with van der Waals surface area (Å²) < 4.78 is 31.5. The van der Waals surface area contributed by atoms with Gasteiger partial charge in [0.25, 0.3) is 11.8 Å². The second-order valence-electron chi connectivity index (χ2n) is 9.80. The molecule has 2 heterocycles. The summed E-state index contributed by atoms with van der Waals surface area (Å²) in [6, 6.07) is 17.3. The van der Waals surface area contributed by atoms with Crippen molar-refractivity contribution in [2.45, 2.75) is 37.5 Å². The number of anilines is 2. The molecule has 3 atom stereocenters. The molecule has 0 bridgehead atoms. The van der Waals surface area contributed by atoms with Crippen LogP contribution in [0.1, 0.15) is 40.0 Å². The van der Waals surface area contributed by atoms with Crippen LogP contribution in [0.5, 0.6) is 11.5 Å². The van der Waals surface area contributed by atoms with Crippen molar-refractivity contribution in [3.05, 3.63) is 83.7 Å². The van der Waals surface area contributed by atoms with Gasteiger partial charge in [-0.3, -0.25) is 14.4 Å². The minimum Gasteiger partial charge on any atom is -0.497 e. The van der Waals surface area contributed by atoms with Crippen molar-refractivity contribution in [1.82, 2.24) is 4.90 Å². The Balaban J connectivity index is 1.25. The Labute approximate surface area is 231 Å². The van der Waals surface area contributed by atoms with Crippen molar-refractivity contribution in [3.63, 3.8) is 0 Å². The molecule has 208 valence electrons. The molecule has 1 fully saturated rings. The van der Waals surface area contributed by atoms with Gasteiger partial charge in [-0.2, -0.15) is 0 Å². The predicted octanol–water partition coefficient (Wildman–Crippen LogP) is 4.50. The number of carbonyl (C=O) groups excluding carboxylic acids is 3. The number of nitrogens with one attached hydrogen (secondary N) is 2. The van der Waals surface area contributed by atoms with Gasteiger partial charge in [-0.05, 0) is 55.3 Å². The highest BCUT2D eigenvalue weighted by molar-refractivity contribution is 6.05. The third kappa shape index (κ3) is 5.91. The summed E-state index contributed by atoms with van der Waals surface area (Å²) in [7, 11) is 3.27. The lowest BCUT2D eigenvalue weighted by atomic mass is 9.94. The molecule has 0 spiro atoms. The molecular weight excluding hydrogens is 517 g/mol. The molecule has 0 saturated carbocycles. The Morgan fingerprint density at radius 2 is 1.82 bits per heavy atom. The van der Waals surface area contributed by atoms with Crippen LogP contribution >= 0.6 is 0 Å². The number of carbonyl (C=O) groups is 3. The zero-order valence-electron chi connectivity index (χ0n) is 22.2. The van der Waals surface area contributed by atoms with Crippen LogP contribution in [0.3, 0.4) is 0 Å². The smallest absolute Gasteiger partial charge is 0.258 e. The summed E-state index contributed by atoms with van der Waals surface area (Å²) in [5.41, 5.74) is 1.17. The van der Waals surface area contributed by atoms with Gasteiger partial charge in [0, 0.05) is 24.5 Å². The van der Waals surface area contributed by atoms with Gasteiger partial charge in [0.1, 0.15) is 30.0 Å². The van der Waals surface area contributed by atoms with Crippen molar-refractivity contribution >= 4 is 29.1 Å².